The maximum absolute atomic E-state index is 9.10. The van der Waals surface area contributed by atoms with E-state index in [0.717, 1.165) is 50.1 Å². The van der Waals surface area contributed by atoms with E-state index in [-0.39, 0.29) is 0 Å². The number of carbonyl (C=O) groups is 2. The molecule has 0 atom stereocenters. The molecule has 0 aliphatic carbocycles. The van der Waals surface area contributed by atoms with E-state index in [0.29, 0.717) is 0 Å². The molecule has 1 aliphatic heterocycles. The quantitative estimate of drug-likeness (QED) is 0.786. The monoisotopic (exact) mass is 380 g/mol. The van der Waals surface area contributed by atoms with Crippen LogP contribution in [0.5, 0.6) is 0 Å². The van der Waals surface area contributed by atoms with Crippen molar-refractivity contribution < 1.29 is 24.2 Å². The maximum Gasteiger partial charge on any atom is 0.414 e. The van der Waals surface area contributed by atoms with Crippen LogP contribution < -0.4 is 0 Å². The number of carboxylic acids is 2. The first-order chi connectivity index (χ1) is 12.4. The second-order valence-electron chi connectivity index (χ2n) is 5.87. The van der Waals surface area contributed by atoms with Gasteiger partial charge in [0.2, 0.25) is 0 Å². The van der Waals surface area contributed by atoms with Crippen LogP contribution in [0.25, 0.3) is 0 Å². The molecule has 0 spiro atoms. The van der Waals surface area contributed by atoms with Gasteiger partial charge in [0.05, 0.1) is 12.8 Å². The first-order valence-electron chi connectivity index (χ1n) is 8.12. The van der Waals surface area contributed by atoms with E-state index in [9.17, 15) is 0 Å². The molecule has 1 aromatic heterocycles. The minimum absolute atomic E-state index is 0.803. The van der Waals surface area contributed by atoms with Gasteiger partial charge in [-0.15, -0.1) is 0 Å². The third-order valence-electron chi connectivity index (χ3n) is 3.93. The normalized spacial score (nSPS) is 15.1. The van der Waals surface area contributed by atoms with Crippen LogP contribution in [-0.4, -0.2) is 58.1 Å². The van der Waals surface area contributed by atoms with Crippen LogP contribution in [0.15, 0.2) is 47.1 Å². The van der Waals surface area contributed by atoms with Crippen LogP contribution >= 0.6 is 11.6 Å². The molecule has 2 N–H and O–H groups in total. The van der Waals surface area contributed by atoms with Crippen molar-refractivity contribution in [3.63, 3.8) is 0 Å². The lowest BCUT2D eigenvalue weighted by atomic mass is 10.2. The Kier molecular flexibility index (Phi) is 7.65. The summed E-state index contributed by atoms with van der Waals surface area (Å²) in [6.07, 6.45) is 1.74. The van der Waals surface area contributed by atoms with E-state index < -0.39 is 11.9 Å². The molecular weight excluding hydrogens is 360 g/mol. The number of furan rings is 1. The highest BCUT2D eigenvalue weighted by molar-refractivity contribution is 6.30. The number of benzene rings is 1. The molecule has 2 aromatic rings. The summed E-state index contributed by atoms with van der Waals surface area (Å²) in [6.45, 7) is 6.31. The number of aliphatic carboxylic acids is 2. The van der Waals surface area contributed by atoms with Crippen molar-refractivity contribution in [2.24, 2.45) is 0 Å². The fourth-order valence-electron chi connectivity index (χ4n) is 2.58. The second kappa shape index (κ2) is 9.96. The first-order valence-corrected chi connectivity index (χ1v) is 8.49. The number of halogens is 1. The predicted octanol–water partition coefficient (Wildman–Crippen LogP) is 2.41. The van der Waals surface area contributed by atoms with Gasteiger partial charge in [-0.3, -0.25) is 9.80 Å². The molecule has 26 heavy (non-hydrogen) atoms. The maximum atomic E-state index is 9.10. The summed E-state index contributed by atoms with van der Waals surface area (Å²) >= 11 is 5.91. The molecule has 0 saturated carbocycles. The van der Waals surface area contributed by atoms with E-state index in [1.54, 1.807) is 6.26 Å². The van der Waals surface area contributed by atoms with E-state index in [1.807, 2.05) is 24.3 Å². The molecule has 3 rings (SSSR count). The van der Waals surface area contributed by atoms with Gasteiger partial charge >= 0.3 is 11.9 Å². The van der Waals surface area contributed by atoms with Crippen LogP contribution in [0.3, 0.4) is 0 Å². The van der Waals surface area contributed by atoms with Crippen molar-refractivity contribution >= 4 is 23.5 Å². The van der Waals surface area contributed by atoms with Gasteiger partial charge in [-0.2, -0.15) is 0 Å². The molecule has 1 aliphatic rings. The van der Waals surface area contributed by atoms with Crippen molar-refractivity contribution in [2.45, 2.75) is 13.1 Å². The summed E-state index contributed by atoms with van der Waals surface area (Å²) in [6, 6.07) is 12.1. The summed E-state index contributed by atoms with van der Waals surface area (Å²) in [5, 5.41) is 15.6. The fraction of sp³-hybridized carbons (Fsp3) is 0.333. The molecule has 1 aromatic carbocycles. The largest absolute Gasteiger partial charge is 0.473 e. The standard InChI is InChI=1S/C16H19ClN2O.C2H2O4/c17-15-5-3-14(4-6-15)12-18-7-9-19(10-8-18)13-16-2-1-11-20-16;3-1(4)2(5)6/h1-6,11H,7-10,12-13H2;(H,3,4)(H,5,6). The molecule has 7 nitrogen and oxygen atoms in total. The van der Waals surface area contributed by atoms with Crippen molar-refractivity contribution in [3.8, 4) is 0 Å². The third kappa shape index (κ3) is 6.87. The Labute approximate surface area is 156 Å². The summed E-state index contributed by atoms with van der Waals surface area (Å²) in [4.78, 5) is 23.1. The van der Waals surface area contributed by atoms with Crippen molar-refractivity contribution in [1.82, 2.24) is 9.80 Å². The Bertz CT molecular complexity index is 683. The minimum atomic E-state index is -1.82. The SMILES string of the molecule is Clc1ccc(CN2CCN(Cc3ccco3)CC2)cc1.O=C(O)C(=O)O. The Morgan fingerprint density at radius 3 is 1.92 bits per heavy atom. The number of nitrogens with zero attached hydrogens (tertiary/aromatic N) is 2. The van der Waals surface area contributed by atoms with Crippen LogP contribution in [-0.2, 0) is 22.7 Å². The van der Waals surface area contributed by atoms with Crippen molar-refractivity contribution in [2.75, 3.05) is 26.2 Å². The topological polar surface area (TPSA) is 94.2 Å². The van der Waals surface area contributed by atoms with E-state index >= 15 is 0 Å². The van der Waals surface area contributed by atoms with Gasteiger partial charge in [0.15, 0.2) is 0 Å². The highest BCUT2D eigenvalue weighted by atomic mass is 35.5. The molecule has 0 unspecified atom stereocenters. The summed E-state index contributed by atoms with van der Waals surface area (Å²) in [5.74, 6) is -2.60. The van der Waals surface area contributed by atoms with E-state index in [1.165, 1.54) is 5.56 Å². The average molecular weight is 381 g/mol. The molecule has 1 saturated heterocycles. The number of piperazine rings is 1. The predicted molar refractivity (Wildman–Crippen MR) is 96.0 cm³/mol. The van der Waals surface area contributed by atoms with Gasteiger partial charge in [-0.25, -0.2) is 9.59 Å². The first kappa shape index (κ1) is 20.0. The van der Waals surface area contributed by atoms with Gasteiger partial charge in [0.25, 0.3) is 0 Å². The lowest BCUT2D eigenvalue weighted by molar-refractivity contribution is -0.159. The highest BCUT2D eigenvalue weighted by Gasteiger charge is 2.17. The van der Waals surface area contributed by atoms with Crippen LogP contribution in [0, 0.1) is 0 Å². The van der Waals surface area contributed by atoms with Gasteiger partial charge in [0, 0.05) is 37.7 Å². The second-order valence-corrected chi connectivity index (χ2v) is 6.30. The molecule has 1 fully saturated rings. The Morgan fingerprint density at radius 2 is 1.46 bits per heavy atom. The zero-order valence-electron chi connectivity index (χ0n) is 14.2. The lowest BCUT2D eigenvalue weighted by Crippen LogP contribution is -2.45. The number of rotatable bonds is 4. The molecular formula is C18H21ClN2O5. The Hall–Kier alpha value is -2.35. The van der Waals surface area contributed by atoms with Crippen molar-refractivity contribution in [1.29, 1.82) is 0 Å². The fourth-order valence-corrected chi connectivity index (χ4v) is 2.70. The van der Waals surface area contributed by atoms with Crippen molar-refractivity contribution in [3.05, 3.63) is 59.0 Å². The van der Waals surface area contributed by atoms with Crippen LogP contribution in [0.2, 0.25) is 5.02 Å². The van der Waals surface area contributed by atoms with Gasteiger partial charge in [-0.1, -0.05) is 23.7 Å². The smallest absolute Gasteiger partial charge is 0.414 e. The highest BCUT2D eigenvalue weighted by Crippen LogP contribution is 2.14. The van der Waals surface area contributed by atoms with Gasteiger partial charge < -0.3 is 14.6 Å². The number of hydrogen-bond donors (Lipinski definition) is 2. The molecule has 140 valence electrons. The van der Waals surface area contributed by atoms with E-state index in [4.69, 9.17) is 35.8 Å². The molecule has 2 heterocycles. The summed E-state index contributed by atoms with van der Waals surface area (Å²) in [5.41, 5.74) is 1.33. The lowest BCUT2D eigenvalue weighted by Gasteiger charge is -2.34. The minimum Gasteiger partial charge on any atom is -0.473 e. The summed E-state index contributed by atoms with van der Waals surface area (Å²) < 4.78 is 5.40. The van der Waals surface area contributed by atoms with E-state index in [2.05, 4.69) is 21.9 Å². The average Bonchev–Trinajstić information content (AvgIpc) is 3.12. The van der Waals surface area contributed by atoms with Crippen LogP contribution in [0.4, 0.5) is 0 Å². The van der Waals surface area contributed by atoms with Crippen LogP contribution in [0.1, 0.15) is 11.3 Å². The van der Waals surface area contributed by atoms with Gasteiger partial charge in [0.1, 0.15) is 5.76 Å². The zero-order chi connectivity index (χ0) is 18.9. The molecule has 0 amide bonds. The third-order valence-corrected chi connectivity index (χ3v) is 4.18. The van der Waals surface area contributed by atoms with Gasteiger partial charge in [-0.05, 0) is 29.8 Å². The molecule has 0 bridgehead atoms. The number of hydrogen-bond acceptors (Lipinski definition) is 5. The molecule has 8 heteroatoms. The number of carboxylic acid groups (broad SMARTS) is 2. The Balaban J connectivity index is 0.000000352. The zero-order valence-corrected chi connectivity index (χ0v) is 14.9. The summed E-state index contributed by atoms with van der Waals surface area (Å²) in [7, 11) is 0. The molecule has 0 radical (unpaired) electrons. The Morgan fingerprint density at radius 1 is 0.923 bits per heavy atom.